The van der Waals surface area contributed by atoms with Gasteiger partial charge in [-0.2, -0.15) is 8.42 Å². The standard InChI is InChI=1S/C24H24Cl2N6O13S2.Na.H/c1-24(2,22(37)44-9-12-3-5-13(6-4-12)32(38)39)45-30-18(14-11-46-23(27-14)28-16(33)7-25)20(35)29-19-15(10-43-17(34)8-26)31(21(19)36)47(40,41)42;;/h3-6,11,15,19H,7-10H2,1-2H3,(H,29,35)(H,27,28,33)(H,40,41,42);;/b30-18-;;. The van der Waals surface area contributed by atoms with Crippen LogP contribution in [0.2, 0.25) is 0 Å². The molecule has 3 amide bonds. The molecule has 0 radical (unpaired) electrons. The zero-order valence-corrected chi connectivity index (χ0v) is 27.2. The summed E-state index contributed by atoms with van der Waals surface area (Å²) in [5.41, 5.74) is -2.54. The molecule has 2 heterocycles. The van der Waals surface area contributed by atoms with Gasteiger partial charge in [-0.1, -0.05) is 5.16 Å². The van der Waals surface area contributed by atoms with Crippen LogP contribution in [-0.2, 0) is 55.2 Å². The molecular weight excluding hydrogens is 738 g/mol. The van der Waals surface area contributed by atoms with E-state index in [1.165, 1.54) is 43.5 Å². The maximum atomic E-state index is 13.4. The van der Waals surface area contributed by atoms with Crippen LogP contribution in [0.5, 0.6) is 0 Å². The molecule has 2 unspecified atom stereocenters. The van der Waals surface area contributed by atoms with E-state index in [9.17, 15) is 47.1 Å². The number of non-ortho nitro benzene ring substituents is 1. The molecule has 0 spiro atoms. The van der Waals surface area contributed by atoms with Crippen molar-refractivity contribution >= 4 is 121 Å². The third-order valence-corrected chi connectivity index (χ3v) is 8.10. The molecule has 1 aliphatic heterocycles. The van der Waals surface area contributed by atoms with Crippen LogP contribution in [0.3, 0.4) is 0 Å². The summed E-state index contributed by atoms with van der Waals surface area (Å²) in [4.78, 5) is 81.7. The first-order valence-electron chi connectivity index (χ1n) is 12.8. The number of nitro groups is 1. The molecule has 1 saturated heterocycles. The van der Waals surface area contributed by atoms with Crippen LogP contribution in [0, 0.1) is 10.1 Å². The van der Waals surface area contributed by atoms with Gasteiger partial charge < -0.3 is 24.9 Å². The van der Waals surface area contributed by atoms with Crippen molar-refractivity contribution in [1.29, 1.82) is 0 Å². The second-order valence-corrected chi connectivity index (χ2v) is 12.4. The average Bonchev–Trinajstić information content (AvgIpc) is 3.47. The van der Waals surface area contributed by atoms with Crippen LogP contribution in [0.15, 0.2) is 34.8 Å². The summed E-state index contributed by atoms with van der Waals surface area (Å²) in [7, 11) is -5.13. The summed E-state index contributed by atoms with van der Waals surface area (Å²) >= 11 is 11.7. The fraction of sp³-hybridized carbons (Fsp3) is 0.375. The van der Waals surface area contributed by atoms with E-state index in [-0.39, 0.29) is 57.0 Å². The number of nitrogens with zero attached hydrogens (tertiary/aromatic N) is 4. The Morgan fingerprint density at radius 1 is 1.17 bits per heavy atom. The number of rotatable bonds is 15. The van der Waals surface area contributed by atoms with Crippen molar-refractivity contribution in [3.05, 3.63) is 51.0 Å². The number of anilines is 1. The first-order chi connectivity index (χ1) is 22.0. The van der Waals surface area contributed by atoms with Crippen molar-refractivity contribution in [3.63, 3.8) is 0 Å². The van der Waals surface area contributed by atoms with E-state index < -0.39 is 86.7 Å². The SMILES string of the molecule is CC(C)(O/N=C(\C(=O)NC1C(=O)N(S(=O)(=O)O)C1COC(=O)CCl)c1csc(NC(=O)CCl)n1)C(=O)OCc1ccc([N+](=O)[O-])cc1.[NaH]. The number of hydrogen-bond acceptors (Lipinski definition) is 15. The molecule has 3 rings (SSSR count). The van der Waals surface area contributed by atoms with E-state index in [1.54, 1.807) is 0 Å². The Bertz CT molecular complexity index is 1710. The minimum atomic E-state index is -5.13. The summed E-state index contributed by atoms with van der Waals surface area (Å²) in [5.74, 6) is -6.14. The van der Waals surface area contributed by atoms with Gasteiger partial charge in [-0.15, -0.1) is 34.5 Å². The van der Waals surface area contributed by atoms with Crippen molar-refractivity contribution in [2.75, 3.05) is 23.7 Å². The summed E-state index contributed by atoms with van der Waals surface area (Å²) < 4.78 is 42.9. The van der Waals surface area contributed by atoms with Gasteiger partial charge in [0.05, 0.1) is 4.92 Å². The number of carbonyl (C=O) groups excluding carboxylic acids is 5. The van der Waals surface area contributed by atoms with Crippen LogP contribution in [-0.4, -0.2) is 128 Å². The summed E-state index contributed by atoms with van der Waals surface area (Å²) in [6.07, 6.45) is 0. The Morgan fingerprint density at radius 2 is 1.81 bits per heavy atom. The zero-order valence-electron chi connectivity index (χ0n) is 24.1. The minimum absolute atomic E-state index is 0. The van der Waals surface area contributed by atoms with E-state index in [2.05, 4.69) is 20.8 Å². The molecule has 1 aliphatic rings. The Morgan fingerprint density at radius 3 is 2.38 bits per heavy atom. The Balaban J connectivity index is 0.00000800. The van der Waals surface area contributed by atoms with E-state index >= 15 is 0 Å². The molecule has 24 heteroatoms. The first kappa shape index (κ1) is 40.7. The number of carbonyl (C=O) groups is 5. The van der Waals surface area contributed by atoms with E-state index in [1.807, 2.05) is 0 Å². The normalized spacial score (nSPS) is 16.1. The monoisotopic (exact) mass is 762 g/mol. The van der Waals surface area contributed by atoms with Gasteiger partial charge in [-0.3, -0.25) is 33.8 Å². The predicted octanol–water partition coefficient (Wildman–Crippen LogP) is 0.103. The molecule has 3 N–H and O–H groups in total. The number of nitrogens with one attached hydrogen (secondary N) is 2. The topological polar surface area (TPSA) is 263 Å². The van der Waals surface area contributed by atoms with Gasteiger partial charge in [0.25, 0.3) is 17.5 Å². The van der Waals surface area contributed by atoms with Gasteiger partial charge in [0.1, 0.15) is 42.8 Å². The number of ether oxygens (including phenoxy) is 2. The third-order valence-electron chi connectivity index (χ3n) is 5.93. The van der Waals surface area contributed by atoms with Gasteiger partial charge >= 0.3 is 51.8 Å². The summed E-state index contributed by atoms with van der Waals surface area (Å²) in [6, 6.07) is 1.91. The molecule has 256 valence electrons. The van der Waals surface area contributed by atoms with Crippen LogP contribution in [0.25, 0.3) is 0 Å². The van der Waals surface area contributed by atoms with Gasteiger partial charge in [-0.25, -0.2) is 14.1 Å². The molecule has 1 fully saturated rings. The molecule has 0 saturated carbocycles. The van der Waals surface area contributed by atoms with E-state index in [0.29, 0.717) is 5.56 Å². The molecule has 2 atom stereocenters. The molecule has 0 bridgehead atoms. The number of alkyl halides is 2. The molecule has 1 aromatic heterocycles. The second-order valence-electron chi connectivity index (χ2n) is 9.71. The molecule has 48 heavy (non-hydrogen) atoms. The number of esters is 2. The number of thiazole rings is 1. The predicted molar refractivity (Wildman–Crippen MR) is 169 cm³/mol. The molecule has 2 aromatic rings. The fourth-order valence-corrected chi connectivity index (χ4v) is 5.30. The number of amides is 3. The molecule has 19 nitrogen and oxygen atoms in total. The number of nitro benzene ring substituents is 1. The van der Waals surface area contributed by atoms with E-state index in [0.717, 1.165) is 11.3 Å². The second kappa shape index (κ2) is 17.3. The summed E-state index contributed by atoms with van der Waals surface area (Å²) in [6.45, 7) is 1.38. The van der Waals surface area contributed by atoms with Gasteiger partial charge in [0, 0.05) is 17.5 Å². The average molecular weight is 764 g/mol. The van der Waals surface area contributed by atoms with Crippen molar-refractivity contribution in [2.45, 2.75) is 38.1 Å². The number of halogens is 2. The Labute approximate surface area is 307 Å². The number of oxime groups is 1. The van der Waals surface area contributed by atoms with E-state index in [4.69, 9.17) is 37.5 Å². The van der Waals surface area contributed by atoms with Gasteiger partial charge in [0.15, 0.2) is 10.8 Å². The number of benzene rings is 1. The van der Waals surface area contributed by atoms with Crippen LogP contribution in [0.4, 0.5) is 10.8 Å². The van der Waals surface area contributed by atoms with Gasteiger partial charge in [-0.05, 0) is 31.5 Å². The summed E-state index contributed by atoms with van der Waals surface area (Å²) in [5, 5.41) is 20.3. The maximum absolute atomic E-state index is 13.4. The van der Waals surface area contributed by atoms with Crippen molar-refractivity contribution < 1.29 is 56.2 Å². The quantitative estimate of drug-likeness (QED) is 0.0318. The fourth-order valence-electron chi connectivity index (χ4n) is 3.58. The van der Waals surface area contributed by atoms with Crippen LogP contribution >= 0.6 is 34.5 Å². The van der Waals surface area contributed by atoms with Gasteiger partial charge in [0.2, 0.25) is 11.5 Å². The van der Waals surface area contributed by atoms with Crippen molar-refractivity contribution in [3.8, 4) is 0 Å². The Hall–Kier alpha value is -3.44. The van der Waals surface area contributed by atoms with Crippen molar-refractivity contribution in [1.82, 2.24) is 14.6 Å². The van der Waals surface area contributed by atoms with Crippen LogP contribution < -0.4 is 10.6 Å². The number of β-lactam (4-membered cyclic amide) rings is 1. The Kier molecular flexibility index (Phi) is 14.7. The first-order valence-corrected chi connectivity index (χ1v) is 16.1. The molecule has 1 aromatic carbocycles. The number of hydrogen-bond donors (Lipinski definition) is 3. The molecule has 0 aliphatic carbocycles. The molecular formula is C24H25Cl2N6NaO13S2. The van der Waals surface area contributed by atoms with Crippen molar-refractivity contribution in [2.24, 2.45) is 5.16 Å². The van der Waals surface area contributed by atoms with Crippen LogP contribution in [0.1, 0.15) is 25.1 Å². The zero-order chi connectivity index (χ0) is 35.1. The number of aromatic nitrogens is 1. The third kappa shape index (κ3) is 10.5.